The summed E-state index contributed by atoms with van der Waals surface area (Å²) in [5.41, 5.74) is 2.68. The van der Waals surface area contributed by atoms with Crippen LogP contribution in [0.1, 0.15) is 16.7 Å². The minimum atomic E-state index is -0.235. The molecule has 0 spiro atoms. The molecular weight excluding hydrogens is 404 g/mol. The number of amides is 1. The Kier molecular flexibility index (Phi) is 6.47. The predicted octanol–water partition coefficient (Wildman–Crippen LogP) is 3.14. The maximum absolute atomic E-state index is 12.9. The van der Waals surface area contributed by atoms with E-state index in [9.17, 15) is 9.59 Å². The number of nitrogens with one attached hydrogen (secondary N) is 1. The number of ether oxygens (including phenoxy) is 1. The molecule has 3 aromatic rings. The molecule has 1 aliphatic rings. The fourth-order valence-corrected chi connectivity index (χ4v) is 3.62. The summed E-state index contributed by atoms with van der Waals surface area (Å²) in [6, 6.07) is 12.9. The molecule has 0 saturated carbocycles. The van der Waals surface area contributed by atoms with Crippen molar-refractivity contribution < 1.29 is 13.9 Å². The van der Waals surface area contributed by atoms with E-state index in [1.807, 2.05) is 30.3 Å². The van der Waals surface area contributed by atoms with Crippen molar-refractivity contribution in [3.63, 3.8) is 0 Å². The molecule has 0 bridgehead atoms. The number of benzene rings is 2. The number of rotatable bonds is 6. The lowest BCUT2D eigenvalue weighted by molar-refractivity contribution is -0.120. The van der Waals surface area contributed by atoms with Crippen molar-refractivity contribution in [1.82, 2.24) is 10.2 Å². The molecule has 2 aromatic carbocycles. The van der Waals surface area contributed by atoms with E-state index in [1.165, 1.54) is 6.26 Å². The Bertz CT molecular complexity index is 1090. The summed E-state index contributed by atoms with van der Waals surface area (Å²) in [6.45, 7) is 4.33. The average molecular weight is 427 g/mol. The van der Waals surface area contributed by atoms with Gasteiger partial charge in [-0.3, -0.25) is 14.5 Å². The van der Waals surface area contributed by atoms with Crippen molar-refractivity contribution in [3.05, 3.63) is 80.7 Å². The van der Waals surface area contributed by atoms with Gasteiger partial charge in [0.15, 0.2) is 5.43 Å². The third-order valence-electron chi connectivity index (χ3n) is 5.17. The zero-order valence-electron chi connectivity index (χ0n) is 16.5. The molecule has 30 heavy (non-hydrogen) atoms. The van der Waals surface area contributed by atoms with Gasteiger partial charge in [0.2, 0.25) is 5.91 Å². The highest BCUT2D eigenvalue weighted by Gasteiger charge is 2.14. The summed E-state index contributed by atoms with van der Waals surface area (Å²) in [4.78, 5) is 27.6. The first kappa shape index (κ1) is 20.6. The lowest BCUT2D eigenvalue weighted by Gasteiger charge is -2.26. The van der Waals surface area contributed by atoms with Crippen LogP contribution >= 0.6 is 11.6 Å². The van der Waals surface area contributed by atoms with Crippen LogP contribution in [-0.2, 0) is 29.0 Å². The Hall–Kier alpha value is -2.67. The number of morpholine rings is 1. The smallest absolute Gasteiger partial charge is 0.224 e. The van der Waals surface area contributed by atoms with Gasteiger partial charge in [-0.15, -0.1) is 0 Å². The number of fused-ring (bicyclic) bond motifs is 1. The van der Waals surface area contributed by atoms with Gasteiger partial charge in [-0.2, -0.15) is 0 Å². The van der Waals surface area contributed by atoms with Gasteiger partial charge in [0, 0.05) is 36.8 Å². The van der Waals surface area contributed by atoms with Crippen LogP contribution in [0.25, 0.3) is 11.0 Å². The van der Waals surface area contributed by atoms with Crippen LogP contribution in [0.15, 0.2) is 57.9 Å². The molecule has 7 heteroatoms. The molecule has 1 N–H and O–H groups in total. The minimum Gasteiger partial charge on any atom is -0.464 e. The molecule has 1 aliphatic heterocycles. The Labute approximate surface area is 179 Å². The van der Waals surface area contributed by atoms with E-state index in [1.54, 1.807) is 12.1 Å². The van der Waals surface area contributed by atoms with Gasteiger partial charge in [0.25, 0.3) is 0 Å². The number of nitrogens with zero attached hydrogens (tertiary/aromatic N) is 1. The van der Waals surface area contributed by atoms with E-state index < -0.39 is 0 Å². The third kappa shape index (κ3) is 5.08. The van der Waals surface area contributed by atoms with Crippen LogP contribution in [0.4, 0.5) is 0 Å². The van der Waals surface area contributed by atoms with Gasteiger partial charge in [-0.25, -0.2) is 0 Å². The quantitative estimate of drug-likeness (QED) is 0.655. The second-order valence-corrected chi connectivity index (χ2v) is 7.83. The van der Waals surface area contributed by atoms with E-state index in [-0.39, 0.29) is 17.8 Å². The fraction of sp³-hybridized carbons (Fsp3) is 0.304. The Morgan fingerprint density at radius 1 is 1.07 bits per heavy atom. The van der Waals surface area contributed by atoms with Crippen LogP contribution < -0.4 is 10.7 Å². The number of carbonyl (C=O) groups excluding carboxylic acids is 1. The highest BCUT2D eigenvalue weighted by molar-refractivity contribution is 6.30. The second-order valence-electron chi connectivity index (χ2n) is 7.39. The second kappa shape index (κ2) is 9.43. The van der Waals surface area contributed by atoms with Crippen LogP contribution in [0.3, 0.4) is 0 Å². The van der Waals surface area contributed by atoms with E-state index in [0.717, 1.165) is 44.0 Å². The van der Waals surface area contributed by atoms with Gasteiger partial charge in [-0.1, -0.05) is 29.8 Å². The van der Waals surface area contributed by atoms with Gasteiger partial charge < -0.3 is 14.5 Å². The zero-order chi connectivity index (χ0) is 20.9. The molecule has 1 fully saturated rings. The zero-order valence-corrected chi connectivity index (χ0v) is 17.3. The molecule has 1 amide bonds. The van der Waals surface area contributed by atoms with Crippen molar-refractivity contribution >= 4 is 28.5 Å². The molecule has 1 aromatic heterocycles. The van der Waals surface area contributed by atoms with E-state index in [0.29, 0.717) is 28.1 Å². The highest BCUT2D eigenvalue weighted by Crippen LogP contribution is 2.16. The van der Waals surface area contributed by atoms with Crippen LogP contribution in [0, 0.1) is 0 Å². The normalized spacial score (nSPS) is 14.7. The molecule has 0 unspecified atom stereocenters. The molecule has 0 atom stereocenters. The molecule has 1 saturated heterocycles. The number of hydrogen-bond acceptors (Lipinski definition) is 5. The maximum atomic E-state index is 12.9. The lowest BCUT2D eigenvalue weighted by Crippen LogP contribution is -2.35. The first-order valence-electron chi connectivity index (χ1n) is 9.93. The SMILES string of the molecule is O=C(Cc1coc2ccc(CN3CCOCC3)cc2c1=O)NCc1ccc(Cl)cc1. The molecule has 6 nitrogen and oxygen atoms in total. The number of hydrogen-bond donors (Lipinski definition) is 1. The Morgan fingerprint density at radius 3 is 2.57 bits per heavy atom. The van der Waals surface area contributed by atoms with Gasteiger partial charge in [-0.05, 0) is 35.4 Å². The Balaban J connectivity index is 1.45. The summed E-state index contributed by atoms with van der Waals surface area (Å²) in [6.07, 6.45) is 1.35. The van der Waals surface area contributed by atoms with Crippen LogP contribution in [0.2, 0.25) is 5.02 Å². The predicted molar refractivity (Wildman–Crippen MR) is 116 cm³/mol. The largest absolute Gasteiger partial charge is 0.464 e. The Morgan fingerprint density at radius 2 is 1.80 bits per heavy atom. The van der Waals surface area contributed by atoms with Crippen LogP contribution in [-0.4, -0.2) is 37.1 Å². The van der Waals surface area contributed by atoms with Gasteiger partial charge in [0.05, 0.1) is 31.3 Å². The van der Waals surface area contributed by atoms with Crippen molar-refractivity contribution in [1.29, 1.82) is 0 Å². The van der Waals surface area contributed by atoms with Gasteiger partial charge >= 0.3 is 0 Å². The summed E-state index contributed by atoms with van der Waals surface area (Å²) >= 11 is 5.87. The third-order valence-corrected chi connectivity index (χ3v) is 5.42. The molecule has 2 heterocycles. The standard InChI is InChI=1S/C23H23ClN2O4/c24-19-4-1-16(2-5-19)13-25-22(27)12-18-15-30-21-6-3-17(11-20(21)23(18)28)14-26-7-9-29-10-8-26/h1-6,11,15H,7-10,12-14H2,(H,25,27). The van der Waals surface area contributed by atoms with Crippen molar-refractivity contribution in [2.24, 2.45) is 0 Å². The van der Waals surface area contributed by atoms with Crippen LogP contribution in [0.5, 0.6) is 0 Å². The fourth-order valence-electron chi connectivity index (χ4n) is 3.49. The van der Waals surface area contributed by atoms with E-state index in [4.69, 9.17) is 20.8 Å². The van der Waals surface area contributed by atoms with E-state index in [2.05, 4.69) is 10.2 Å². The molecular formula is C23H23ClN2O4. The number of halogens is 1. The lowest BCUT2D eigenvalue weighted by atomic mass is 10.1. The maximum Gasteiger partial charge on any atom is 0.224 e. The summed E-state index contributed by atoms with van der Waals surface area (Å²) in [5, 5.41) is 3.98. The van der Waals surface area contributed by atoms with Crippen molar-refractivity contribution in [3.8, 4) is 0 Å². The topological polar surface area (TPSA) is 71.8 Å². The first-order chi connectivity index (χ1) is 14.6. The molecule has 156 valence electrons. The monoisotopic (exact) mass is 426 g/mol. The van der Waals surface area contributed by atoms with Crippen molar-refractivity contribution in [2.75, 3.05) is 26.3 Å². The van der Waals surface area contributed by atoms with Gasteiger partial charge in [0.1, 0.15) is 5.58 Å². The minimum absolute atomic E-state index is 0.0282. The molecule has 4 rings (SSSR count). The first-order valence-corrected chi connectivity index (χ1v) is 10.3. The highest BCUT2D eigenvalue weighted by atomic mass is 35.5. The summed E-state index contributed by atoms with van der Waals surface area (Å²) in [5.74, 6) is -0.235. The molecule has 0 radical (unpaired) electrons. The number of carbonyl (C=O) groups is 1. The summed E-state index contributed by atoms with van der Waals surface area (Å²) in [7, 11) is 0. The molecule has 0 aliphatic carbocycles. The summed E-state index contributed by atoms with van der Waals surface area (Å²) < 4.78 is 11.0. The average Bonchev–Trinajstić information content (AvgIpc) is 2.76. The van der Waals surface area contributed by atoms with E-state index >= 15 is 0 Å². The van der Waals surface area contributed by atoms with Crippen molar-refractivity contribution in [2.45, 2.75) is 19.5 Å².